The van der Waals surface area contributed by atoms with Crippen LogP contribution < -0.4 is 11.0 Å². The summed E-state index contributed by atoms with van der Waals surface area (Å²) >= 11 is 0. The number of hydrogen-bond donors (Lipinski definition) is 2. The Morgan fingerprint density at radius 3 is 2.70 bits per heavy atom. The quantitative estimate of drug-likeness (QED) is 0.523. The molecule has 23 heavy (non-hydrogen) atoms. The van der Waals surface area contributed by atoms with Crippen molar-refractivity contribution < 1.29 is 9.90 Å². The Morgan fingerprint density at radius 1 is 1.13 bits per heavy atom. The van der Waals surface area contributed by atoms with Crippen molar-refractivity contribution in [1.82, 2.24) is 15.0 Å². The van der Waals surface area contributed by atoms with E-state index in [-0.39, 0.29) is 5.56 Å². The lowest BCUT2D eigenvalue weighted by molar-refractivity contribution is 0.195. The van der Waals surface area contributed by atoms with Gasteiger partial charge in [-0.3, -0.25) is 9.36 Å². The summed E-state index contributed by atoms with van der Waals surface area (Å²) < 4.78 is 1.46. The smallest absolute Gasteiger partial charge is 0.425 e. The lowest BCUT2D eigenvalue weighted by atomic mass is 10.1. The molecule has 1 aliphatic heterocycles. The second kappa shape index (κ2) is 4.77. The number of fused-ring (bicyclic) bond motifs is 4. The first-order valence-corrected chi connectivity index (χ1v) is 6.85. The van der Waals surface area contributed by atoms with Gasteiger partial charge in [-0.2, -0.15) is 5.10 Å². The van der Waals surface area contributed by atoms with Crippen LogP contribution in [0.5, 0.6) is 0 Å². The zero-order valence-electron chi connectivity index (χ0n) is 11.7. The summed E-state index contributed by atoms with van der Waals surface area (Å²) in [5.41, 5.74) is 3.93. The summed E-state index contributed by atoms with van der Waals surface area (Å²) in [5, 5.41) is 13.2. The number of carboxylic acid groups (broad SMARTS) is 1. The Morgan fingerprint density at radius 2 is 1.87 bits per heavy atom. The fourth-order valence-corrected chi connectivity index (χ4v) is 2.72. The molecule has 4 rings (SSSR count). The molecule has 3 aromatic rings. The van der Waals surface area contributed by atoms with Crippen LogP contribution in [0.4, 0.5) is 4.79 Å². The number of amides is 1. The van der Waals surface area contributed by atoms with Crippen LogP contribution in [-0.2, 0) is 0 Å². The zero-order chi connectivity index (χ0) is 16.0. The molecule has 1 aliphatic rings. The van der Waals surface area contributed by atoms with Crippen LogP contribution in [-0.4, -0.2) is 26.5 Å². The minimum atomic E-state index is -1.28. The van der Waals surface area contributed by atoms with E-state index < -0.39 is 6.09 Å². The van der Waals surface area contributed by atoms with E-state index in [1.807, 2.05) is 5.43 Å². The second-order valence-electron chi connectivity index (χ2n) is 4.99. The molecule has 2 aromatic carbocycles. The molecule has 1 aromatic heterocycles. The SMILES string of the molecule is O=C(O)N/N=C1/c2ccccc2-n2c1nc1ccccc1c2=O. The van der Waals surface area contributed by atoms with Gasteiger partial charge in [0.1, 0.15) is 5.71 Å². The summed E-state index contributed by atoms with van der Waals surface area (Å²) in [6.07, 6.45) is -1.28. The fraction of sp³-hybridized carbons (Fsp3) is 0. The highest BCUT2D eigenvalue weighted by molar-refractivity contribution is 6.16. The number of hydrazone groups is 1. The lowest BCUT2D eigenvalue weighted by Crippen LogP contribution is -2.23. The molecule has 7 nitrogen and oxygen atoms in total. The zero-order valence-corrected chi connectivity index (χ0v) is 11.7. The summed E-state index contributed by atoms with van der Waals surface area (Å²) in [6, 6.07) is 14.2. The highest BCUT2D eigenvalue weighted by Gasteiger charge is 2.28. The average Bonchev–Trinajstić information content (AvgIpc) is 2.87. The number of nitrogens with zero attached hydrogens (tertiary/aromatic N) is 3. The highest BCUT2D eigenvalue weighted by atomic mass is 16.4. The second-order valence-corrected chi connectivity index (χ2v) is 4.99. The van der Waals surface area contributed by atoms with Gasteiger partial charge in [-0.25, -0.2) is 15.2 Å². The van der Waals surface area contributed by atoms with Crippen molar-refractivity contribution in [2.75, 3.05) is 0 Å². The number of benzene rings is 2. The molecule has 112 valence electrons. The molecule has 7 heteroatoms. The van der Waals surface area contributed by atoms with E-state index in [4.69, 9.17) is 5.11 Å². The van der Waals surface area contributed by atoms with E-state index >= 15 is 0 Å². The minimum absolute atomic E-state index is 0.210. The van der Waals surface area contributed by atoms with Crippen LogP contribution in [0.1, 0.15) is 11.4 Å². The number of hydrogen-bond acceptors (Lipinski definition) is 4. The van der Waals surface area contributed by atoms with Crippen molar-refractivity contribution >= 4 is 22.7 Å². The van der Waals surface area contributed by atoms with Crippen molar-refractivity contribution in [3.8, 4) is 5.69 Å². The number of rotatable bonds is 1. The van der Waals surface area contributed by atoms with Crippen molar-refractivity contribution in [2.45, 2.75) is 0 Å². The molecule has 0 saturated carbocycles. The average molecular weight is 306 g/mol. The van der Waals surface area contributed by atoms with E-state index in [1.165, 1.54) is 4.57 Å². The van der Waals surface area contributed by atoms with E-state index in [0.29, 0.717) is 33.7 Å². The van der Waals surface area contributed by atoms with Crippen molar-refractivity contribution in [1.29, 1.82) is 0 Å². The summed E-state index contributed by atoms with van der Waals surface area (Å²) in [4.78, 5) is 28.0. The molecular formula is C16H10N4O3. The third-order valence-corrected chi connectivity index (χ3v) is 3.65. The van der Waals surface area contributed by atoms with Crippen LogP contribution in [0.15, 0.2) is 58.4 Å². The molecule has 0 spiro atoms. The van der Waals surface area contributed by atoms with Gasteiger partial charge in [-0.05, 0) is 18.2 Å². The largest absolute Gasteiger partial charge is 0.464 e. The van der Waals surface area contributed by atoms with Gasteiger partial charge in [0.15, 0.2) is 5.82 Å². The van der Waals surface area contributed by atoms with Gasteiger partial charge in [0.25, 0.3) is 5.56 Å². The summed E-state index contributed by atoms with van der Waals surface area (Å²) in [6.45, 7) is 0. The monoisotopic (exact) mass is 306 g/mol. The molecule has 2 N–H and O–H groups in total. The van der Waals surface area contributed by atoms with Crippen LogP contribution in [0.3, 0.4) is 0 Å². The summed E-state index contributed by atoms with van der Waals surface area (Å²) in [5.74, 6) is 0.323. The molecule has 0 fully saturated rings. The van der Waals surface area contributed by atoms with Crippen molar-refractivity contribution in [3.63, 3.8) is 0 Å². The Balaban J connectivity index is 2.10. The van der Waals surface area contributed by atoms with Crippen molar-refractivity contribution in [2.24, 2.45) is 5.10 Å². The predicted molar refractivity (Wildman–Crippen MR) is 84.1 cm³/mol. The maximum absolute atomic E-state index is 12.8. The van der Waals surface area contributed by atoms with Gasteiger partial charge in [0.2, 0.25) is 0 Å². The Kier molecular flexibility index (Phi) is 2.74. The topological polar surface area (TPSA) is 96.6 Å². The van der Waals surface area contributed by atoms with Crippen LogP contribution >= 0.6 is 0 Å². The number of carbonyl (C=O) groups is 1. The van der Waals surface area contributed by atoms with Gasteiger partial charge in [-0.1, -0.05) is 30.3 Å². The molecule has 1 amide bonds. The fourth-order valence-electron chi connectivity index (χ4n) is 2.72. The van der Waals surface area contributed by atoms with Gasteiger partial charge in [0.05, 0.1) is 16.6 Å². The van der Waals surface area contributed by atoms with Gasteiger partial charge < -0.3 is 5.11 Å². The molecule has 0 bridgehead atoms. The maximum atomic E-state index is 12.8. The summed E-state index contributed by atoms with van der Waals surface area (Å²) in [7, 11) is 0. The standard InChI is InChI=1S/C16H10N4O3/c21-15-9-5-1-3-7-11(9)17-14-13(18-19-16(22)23)10-6-2-4-8-12(10)20(14)15/h1-8,19H,(H,22,23)/b18-13-. The van der Waals surface area contributed by atoms with E-state index in [1.54, 1.807) is 48.5 Å². The van der Waals surface area contributed by atoms with Crippen LogP contribution in [0, 0.1) is 0 Å². The van der Waals surface area contributed by atoms with Gasteiger partial charge in [0, 0.05) is 5.56 Å². The molecule has 0 radical (unpaired) electrons. The predicted octanol–water partition coefficient (Wildman–Crippen LogP) is 1.72. The molecule has 2 heterocycles. The molecule has 0 atom stereocenters. The maximum Gasteiger partial charge on any atom is 0.425 e. The van der Waals surface area contributed by atoms with Crippen LogP contribution in [0.25, 0.3) is 16.6 Å². The first kappa shape index (κ1) is 13.2. The van der Waals surface area contributed by atoms with Gasteiger partial charge in [-0.15, -0.1) is 0 Å². The molecule has 0 aliphatic carbocycles. The van der Waals surface area contributed by atoms with Crippen LogP contribution in [0.2, 0.25) is 0 Å². The van der Waals surface area contributed by atoms with Gasteiger partial charge >= 0.3 is 6.09 Å². The first-order chi connectivity index (χ1) is 11.2. The lowest BCUT2D eigenvalue weighted by Gasteiger charge is -2.05. The normalized spacial score (nSPS) is 13.8. The molecule has 0 saturated heterocycles. The highest BCUT2D eigenvalue weighted by Crippen LogP contribution is 2.26. The number of nitrogens with one attached hydrogen (secondary N) is 1. The first-order valence-electron chi connectivity index (χ1n) is 6.85. The Bertz CT molecular complexity index is 1050. The Labute approximate surface area is 129 Å². The number of aromatic nitrogens is 2. The van der Waals surface area contributed by atoms with E-state index in [0.717, 1.165) is 0 Å². The number of para-hydroxylation sites is 2. The van der Waals surface area contributed by atoms with E-state index in [9.17, 15) is 9.59 Å². The van der Waals surface area contributed by atoms with E-state index in [2.05, 4.69) is 10.1 Å². The van der Waals surface area contributed by atoms with Crippen molar-refractivity contribution in [3.05, 3.63) is 70.3 Å². The molecule has 0 unspecified atom stereocenters. The third-order valence-electron chi connectivity index (χ3n) is 3.65. The third kappa shape index (κ3) is 1.90. The molecular weight excluding hydrogens is 296 g/mol. The Hall–Kier alpha value is -3.48. The minimum Gasteiger partial charge on any atom is -0.464 e.